The maximum absolute atomic E-state index is 12.5. The molecule has 1 saturated heterocycles. The van der Waals surface area contributed by atoms with Crippen LogP contribution in [0.25, 0.3) is 0 Å². The summed E-state index contributed by atoms with van der Waals surface area (Å²) in [6.45, 7) is 4.67. The quantitative estimate of drug-likeness (QED) is 0.745. The van der Waals surface area contributed by atoms with Gasteiger partial charge in [0.25, 0.3) is 0 Å². The van der Waals surface area contributed by atoms with E-state index in [1.54, 1.807) is 11.0 Å². The Morgan fingerprint density at radius 1 is 1.21 bits per heavy atom. The number of nitriles is 1. The van der Waals surface area contributed by atoms with Gasteiger partial charge in [0.1, 0.15) is 6.07 Å². The Morgan fingerprint density at radius 3 is 2.50 bits per heavy atom. The first-order valence-electron chi connectivity index (χ1n) is 9.03. The lowest BCUT2D eigenvalue weighted by Crippen LogP contribution is -2.43. The van der Waals surface area contributed by atoms with E-state index in [0.717, 1.165) is 5.56 Å². The number of sulfonamides is 1. The summed E-state index contributed by atoms with van der Waals surface area (Å²) in [5.74, 6) is 0.725. The predicted molar refractivity (Wildman–Crippen MR) is 105 cm³/mol. The van der Waals surface area contributed by atoms with Gasteiger partial charge in [-0.15, -0.1) is 10.2 Å². The van der Waals surface area contributed by atoms with Crippen LogP contribution in [0.4, 0.5) is 5.82 Å². The molecule has 1 fully saturated rings. The molecule has 148 valence electrons. The molecular formula is C19H23N5O3S. The second-order valence-corrected chi connectivity index (χ2v) is 8.99. The zero-order valence-corrected chi connectivity index (χ0v) is 16.6. The zero-order chi connectivity index (χ0) is 20.3. The van der Waals surface area contributed by atoms with Gasteiger partial charge >= 0.3 is 0 Å². The summed E-state index contributed by atoms with van der Waals surface area (Å²) in [7, 11) is -3.62. The van der Waals surface area contributed by atoms with E-state index in [9.17, 15) is 13.5 Å². The van der Waals surface area contributed by atoms with Crippen LogP contribution >= 0.6 is 0 Å². The van der Waals surface area contributed by atoms with Gasteiger partial charge in [0.05, 0.1) is 17.9 Å². The number of aromatic nitrogens is 2. The molecule has 1 aromatic heterocycles. The molecule has 2 aromatic rings. The second kappa shape index (κ2) is 8.22. The fourth-order valence-electron chi connectivity index (χ4n) is 3.13. The molecule has 9 heteroatoms. The van der Waals surface area contributed by atoms with E-state index in [1.165, 1.54) is 6.07 Å². The van der Waals surface area contributed by atoms with E-state index in [2.05, 4.69) is 28.8 Å². The topological polar surface area (TPSA) is 119 Å². The Labute approximate surface area is 164 Å². The molecule has 2 heterocycles. The highest BCUT2D eigenvalue weighted by atomic mass is 32.2. The van der Waals surface area contributed by atoms with Gasteiger partial charge in [0.15, 0.2) is 11.5 Å². The van der Waals surface area contributed by atoms with Crippen molar-refractivity contribution in [3.63, 3.8) is 0 Å². The summed E-state index contributed by atoms with van der Waals surface area (Å²) >= 11 is 0. The molecule has 1 aliphatic heterocycles. The van der Waals surface area contributed by atoms with Crippen molar-refractivity contribution in [2.24, 2.45) is 0 Å². The zero-order valence-electron chi connectivity index (χ0n) is 15.8. The van der Waals surface area contributed by atoms with Crippen molar-refractivity contribution in [2.75, 3.05) is 18.0 Å². The first-order valence-corrected chi connectivity index (χ1v) is 10.7. The minimum atomic E-state index is -3.62. The Hall–Kier alpha value is -2.54. The highest BCUT2D eigenvalue weighted by molar-refractivity contribution is 7.88. The number of nitrogens with one attached hydrogen (secondary N) is 1. The fraction of sp³-hybridized carbons (Fsp3) is 0.421. The molecule has 0 bridgehead atoms. The van der Waals surface area contributed by atoms with Crippen molar-refractivity contribution in [1.82, 2.24) is 14.9 Å². The molecule has 2 N–H and O–H groups in total. The molecule has 0 aliphatic carbocycles. The van der Waals surface area contributed by atoms with E-state index < -0.39 is 22.2 Å². The standard InChI is InChI=1S/C19H23N5O3S/c1-13(2)15-5-3-14(4-6-15)12-28(26,27)23-17-10-24(11-18(17)25)19-8-7-16(9-20)21-22-19/h3-8,13,17-18,23,25H,10-12H2,1-2H3/t17-,18-/m1/s1. The molecule has 8 nitrogen and oxygen atoms in total. The van der Waals surface area contributed by atoms with E-state index >= 15 is 0 Å². The van der Waals surface area contributed by atoms with Crippen LogP contribution in [0, 0.1) is 11.3 Å². The molecule has 0 saturated carbocycles. The average molecular weight is 401 g/mol. The lowest BCUT2D eigenvalue weighted by molar-refractivity contribution is 0.174. The normalized spacial score (nSPS) is 19.8. The lowest BCUT2D eigenvalue weighted by atomic mass is 10.0. The molecule has 0 radical (unpaired) electrons. The fourth-order valence-corrected chi connectivity index (χ4v) is 4.54. The molecule has 1 aromatic carbocycles. The summed E-state index contributed by atoms with van der Waals surface area (Å²) in [6, 6.07) is 11.9. The van der Waals surface area contributed by atoms with Gasteiger partial charge in [0.2, 0.25) is 10.0 Å². The Kier molecular flexibility index (Phi) is 5.93. The van der Waals surface area contributed by atoms with Crippen molar-refractivity contribution in [3.8, 4) is 6.07 Å². The number of hydrogen-bond donors (Lipinski definition) is 2. The number of nitrogens with zero attached hydrogens (tertiary/aromatic N) is 4. The highest BCUT2D eigenvalue weighted by Gasteiger charge is 2.35. The van der Waals surface area contributed by atoms with Crippen LogP contribution in [-0.4, -0.2) is 49.0 Å². The Bertz CT molecular complexity index is 953. The van der Waals surface area contributed by atoms with Crippen molar-refractivity contribution >= 4 is 15.8 Å². The molecule has 2 atom stereocenters. The third-order valence-electron chi connectivity index (χ3n) is 4.71. The largest absolute Gasteiger partial charge is 0.390 e. The summed E-state index contributed by atoms with van der Waals surface area (Å²) in [6.07, 6.45) is -0.865. The molecule has 28 heavy (non-hydrogen) atoms. The molecule has 0 unspecified atom stereocenters. The number of rotatable bonds is 6. The monoisotopic (exact) mass is 401 g/mol. The van der Waals surface area contributed by atoms with Crippen LogP contribution in [0.3, 0.4) is 0 Å². The number of anilines is 1. The highest BCUT2D eigenvalue weighted by Crippen LogP contribution is 2.20. The van der Waals surface area contributed by atoms with Crippen LogP contribution in [0.2, 0.25) is 0 Å². The van der Waals surface area contributed by atoms with Crippen molar-refractivity contribution < 1.29 is 13.5 Å². The van der Waals surface area contributed by atoms with Gasteiger partial charge < -0.3 is 10.0 Å². The van der Waals surface area contributed by atoms with Crippen molar-refractivity contribution in [1.29, 1.82) is 5.26 Å². The smallest absolute Gasteiger partial charge is 0.216 e. The third-order valence-corrected chi connectivity index (χ3v) is 6.09. The summed E-state index contributed by atoms with van der Waals surface area (Å²) in [5.41, 5.74) is 2.04. The molecular weight excluding hydrogens is 378 g/mol. The van der Waals surface area contributed by atoms with Gasteiger partial charge in [-0.3, -0.25) is 0 Å². The van der Waals surface area contributed by atoms with Crippen LogP contribution in [-0.2, 0) is 15.8 Å². The summed E-state index contributed by atoms with van der Waals surface area (Å²) < 4.78 is 27.7. The molecule has 0 amide bonds. The Balaban J connectivity index is 1.64. The number of aliphatic hydroxyl groups excluding tert-OH is 1. The Morgan fingerprint density at radius 2 is 1.93 bits per heavy atom. The average Bonchev–Trinajstić information content (AvgIpc) is 3.01. The van der Waals surface area contributed by atoms with Gasteiger partial charge in [0, 0.05) is 13.1 Å². The van der Waals surface area contributed by atoms with Crippen LogP contribution in [0.15, 0.2) is 36.4 Å². The van der Waals surface area contributed by atoms with Crippen LogP contribution in [0.1, 0.15) is 36.6 Å². The summed E-state index contributed by atoms with van der Waals surface area (Å²) in [5, 5.41) is 26.8. The summed E-state index contributed by atoms with van der Waals surface area (Å²) in [4.78, 5) is 1.74. The van der Waals surface area contributed by atoms with Crippen molar-refractivity contribution in [2.45, 2.75) is 37.7 Å². The second-order valence-electron chi connectivity index (χ2n) is 7.24. The molecule has 3 rings (SSSR count). The maximum atomic E-state index is 12.5. The number of β-amino-alcohol motifs (C(OH)–C–C–N with tert-alkyl or cyclic N) is 1. The van der Waals surface area contributed by atoms with E-state index in [1.807, 2.05) is 30.3 Å². The van der Waals surface area contributed by atoms with E-state index in [-0.39, 0.29) is 24.5 Å². The van der Waals surface area contributed by atoms with Gasteiger partial charge in [-0.2, -0.15) is 5.26 Å². The first-order chi connectivity index (χ1) is 13.3. The maximum Gasteiger partial charge on any atom is 0.216 e. The van der Waals surface area contributed by atoms with Crippen LogP contribution in [0.5, 0.6) is 0 Å². The van der Waals surface area contributed by atoms with Crippen LogP contribution < -0.4 is 9.62 Å². The van der Waals surface area contributed by atoms with Gasteiger partial charge in [-0.1, -0.05) is 38.1 Å². The SMILES string of the molecule is CC(C)c1ccc(CS(=O)(=O)N[C@@H]2CN(c3ccc(C#N)nn3)C[C@H]2O)cc1. The van der Waals surface area contributed by atoms with Gasteiger partial charge in [-0.25, -0.2) is 13.1 Å². The third kappa shape index (κ3) is 4.84. The van der Waals surface area contributed by atoms with Gasteiger partial charge in [-0.05, 0) is 29.2 Å². The minimum absolute atomic E-state index is 0.148. The number of hydrogen-bond acceptors (Lipinski definition) is 7. The molecule has 0 spiro atoms. The van der Waals surface area contributed by atoms with E-state index in [4.69, 9.17) is 5.26 Å². The number of benzene rings is 1. The van der Waals surface area contributed by atoms with E-state index in [0.29, 0.717) is 17.3 Å². The van der Waals surface area contributed by atoms with Crippen molar-refractivity contribution in [3.05, 3.63) is 53.2 Å². The molecule has 1 aliphatic rings. The first kappa shape index (κ1) is 20.2. The predicted octanol–water partition coefficient (Wildman–Crippen LogP) is 1.14. The number of aliphatic hydroxyl groups is 1. The minimum Gasteiger partial charge on any atom is -0.390 e. The lowest BCUT2D eigenvalue weighted by Gasteiger charge is -2.17.